The maximum Gasteiger partial charge on any atom is 0.270 e. The standard InChI is InChI=1S/C21H20ClN5O4S/c1-2-3-4-9-18-25-26-21(32-18)24-20(29)15-7-5-6-8-17(15)23-19(28)14-11-10-13(27(30)31)12-16(14)22/h5-8,10-12H,2-4,9H2,1H3,(H,23,28)(H,24,26,29). The highest BCUT2D eigenvalue weighted by atomic mass is 35.5. The molecule has 0 radical (unpaired) electrons. The van der Waals surface area contributed by atoms with Gasteiger partial charge in [-0.1, -0.05) is 54.8 Å². The van der Waals surface area contributed by atoms with Gasteiger partial charge in [-0.25, -0.2) is 0 Å². The van der Waals surface area contributed by atoms with E-state index in [2.05, 4.69) is 27.8 Å². The predicted octanol–water partition coefficient (Wildman–Crippen LogP) is 5.34. The highest BCUT2D eigenvalue weighted by molar-refractivity contribution is 7.15. The van der Waals surface area contributed by atoms with Crippen molar-refractivity contribution in [3.8, 4) is 0 Å². The summed E-state index contributed by atoms with van der Waals surface area (Å²) in [5, 5.41) is 25.5. The predicted molar refractivity (Wildman–Crippen MR) is 124 cm³/mol. The molecule has 0 bridgehead atoms. The van der Waals surface area contributed by atoms with Gasteiger partial charge in [0.25, 0.3) is 17.5 Å². The summed E-state index contributed by atoms with van der Waals surface area (Å²) in [6, 6.07) is 10.0. The van der Waals surface area contributed by atoms with Crippen molar-refractivity contribution < 1.29 is 14.5 Å². The van der Waals surface area contributed by atoms with Crippen LogP contribution in [0.25, 0.3) is 0 Å². The number of carbonyl (C=O) groups is 2. The Hall–Kier alpha value is -3.37. The molecule has 1 aromatic heterocycles. The summed E-state index contributed by atoms with van der Waals surface area (Å²) in [6.07, 6.45) is 4.03. The number of amides is 2. The number of nitro groups is 1. The van der Waals surface area contributed by atoms with Crippen molar-refractivity contribution in [1.82, 2.24) is 10.2 Å². The van der Waals surface area contributed by atoms with E-state index in [9.17, 15) is 19.7 Å². The fourth-order valence-corrected chi connectivity index (χ4v) is 3.91. The molecule has 9 nitrogen and oxygen atoms in total. The van der Waals surface area contributed by atoms with Crippen molar-refractivity contribution in [3.63, 3.8) is 0 Å². The van der Waals surface area contributed by atoms with Crippen LogP contribution in [0.15, 0.2) is 42.5 Å². The minimum Gasteiger partial charge on any atom is -0.321 e. The molecule has 0 saturated carbocycles. The molecule has 166 valence electrons. The molecule has 0 spiro atoms. The summed E-state index contributed by atoms with van der Waals surface area (Å²) in [6.45, 7) is 2.12. The molecule has 0 fully saturated rings. The normalized spacial score (nSPS) is 10.6. The smallest absolute Gasteiger partial charge is 0.270 e. The molecule has 32 heavy (non-hydrogen) atoms. The summed E-state index contributed by atoms with van der Waals surface area (Å²) < 4.78 is 0. The Kier molecular flexibility index (Phi) is 7.85. The first-order valence-corrected chi connectivity index (χ1v) is 11.1. The van der Waals surface area contributed by atoms with E-state index in [-0.39, 0.29) is 27.5 Å². The number of anilines is 2. The summed E-state index contributed by atoms with van der Waals surface area (Å²) in [5.41, 5.74) is 0.310. The third kappa shape index (κ3) is 5.86. The number of nitrogens with one attached hydrogen (secondary N) is 2. The number of nitro benzene ring substituents is 1. The van der Waals surface area contributed by atoms with E-state index in [0.29, 0.717) is 5.13 Å². The average Bonchev–Trinajstić information content (AvgIpc) is 3.21. The van der Waals surface area contributed by atoms with Crippen LogP contribution in [0.5, 0.6) is 0 Å². The van der Waals surface area contributed by atoms with Gasteiger partial charge >= 0.3 is 0 Å². The monoisotopic (exact) mass is 473 g/mol. The van der Waals surface area contributed by atoms with Gasteiger partial charge in [0.1, 0.15) is 5.01 Å². The van der Waals surface area contributed by atoms with Crippen LogP contribution in [0, 0.1) is 10.1 Å². The zero-order valence-electron chi connectivity index (χ0n) is 17.1. The van der Waals surface area contributed by atoms with Gasteiger partial charge in [0.15, 0.2) is 0 Å². The number of aromatic nitrogens is 2. The molecule has 0 atom stereocenters. The lowest BCUT2D eigenvalue weighted by atomic mass is 10.1. The van der Waals surface area contributed by atoms with Gasteiger partial charge < -0.3 is 5.32 Å². The van der Waals surface area contributed by atoms with E-state index in [4.69, 9.17) is 11.6 Å². The first kappa shape index (κ1) is 23.3. The molecular formula is C21H20ClN5O4S. The molecule has 0 unspecified atom stereocenters. The largest absolute Gasteiger partial charge is 0.321 e. The number of hydrogen-bond acceptors (Lipinski definition) is 7. The molecule has 0 aliphatic heterocycles. The SMILES string of the molecule is CCCCCc1nnc(NC(=O)c2ccccc2NC(=O)c2ccc([N+](=O)[O-])cc2Cl)s1. The van der Waals surface area contributed by atoms with E-state index < -0.39 is 16.7 Å². The Bertz CT molecular complexity index is 1150. The number of carbonyl (C=O) groups excluding carboxylic acids is 2. The van der Waals surface area contributed by atoms with Gasteiger partial charge in [0.05, 0.1) is 26.8 Å². The maximum absolute atomic E-state index is 12.8. The van der Waals surface area contributed by atoms with Crippen LogP contribution in [0.3, 0.4) is 0 Å². The van der Waals surface area contributed by atoms with E-state index in [1.807, 2.05) is 0 Å². The van der Waals surface area contributed by atoms with Crippen molar-refractivity contribution in [2.45, 2.75) is 32.6 Å². The van der Waals surface area contributed by atoms with Gasteiger partial charge in [-0.3, -0.25) is 25.0 Å². The number of benzene rings is 2. The van der Waals surface area contributed by atoms with E-state index >= 15 is 0 Å². The molecule has 0 aliphatic rings. The van der Waals surface area contributed by atoms with Gasteiger partial charge in [-0.15, -0.1) is 10.2 Å². The van der Waals surface area contributed by atoms with Crippen LogP contribution in [-0.4, -0.2) is 26.9 Å². The Morgan fingerprint density at radius 3 is 2.53 bits per heavy atom. The second kappa shape index (κ2) is 10.8. The first-order valence-electron chi connectivity index (χ1n) is 9.87. The zero-order valence-corrected chi connectivity index (χ0v) is 18.7. The first-order chi connectivity index (χ1) is 15.4. The Balaban J connectivity index is 1.72. The van der Waals surface area contributed by atoms with Crippen LogP contribution in [0.4, 0.5) is 16.5 Å². The molecule has 2 amide bonds. The number of nitrogens with zero attached hydrogens (tertiary/aromatic N) is 3. The van der Waals surface area contributed by atoms with Crippen molar-refractivity contribution in [1.29, 1.82) is 0 Å². The number of rotatable bonds is 9. The van der Waals surface area contributed by atoms with Crippen LogP contribution in [0.1, 0.15) is 51.9 Å². The minimum absolute atomic E-state index is 0.0494. The second-order valence-electron chi connectivity index (χ2n) is 6.83. The van der Waals surface area contributed by atoms with E-state index in [1.54, 1.807) is 24.3 Å². The van der Waals surface area contributed by atoms with Gasteiger partial charge in [0, 0.05) is 18.6 Å². The van der Waals surface area contributed by atoms with Gasteiger partial charge in [0.2, 0.25) is 5.13 Å². The molecule has 2 aromatic carbocycles. The Morgan fingerprint density at radius 1 is 1.06 bits per heavy atom. The number of hydrogen-bond donors (Lipinski definition) is 2. The molecule has 3 rings (SSSR count). The topological polar surface area (TPSA) is 127 Å². The molecule has 11 heteroatoms. The summed E-state index contributed by atoms with van der Waals surface area (Å²) in [5.74, 6) is -1.05. The fourth-order valence-electron chi connectivity index (χ4n) is 2.88. The molecule has 0 aliphatic carbocycles. The lowest BCUT2D eigenvalue weighted by molar-refractivity contribution is -0.384. The number of unbranched alkanes of at least 4 members (excludes halogenated alkanes) is 2. The van der Waals surface area contributed by atoms with Crippen molar-refractivity contribution >= 4 is 51.3 Å². The molecule has 2 N–H and O–H groups in total. The lowest BCUT2D eigenvalue weighted by Gasteiger charge is -2.11. The van der Waals surface area contributed by atoms with Crippen LogP contribution < -0.4 is 10.6 Å². The summed E-state index contributed by atoms with van der Waals surface area (Å²) in [4.78, 5) is 35.7. The quantitative estimate of drug-likeness (QED) is 0.245. The average molecular weight is 474 g/mol. The number of aryl methyl sites for hydroxylation is 1. The molecule has 0 saturated heterocycles. The third-order valence-corrected chi connectivity index (χ3v) is 5.72. The van der Waals surface area contributed by atoms with Gasteiger partial charge in [-0.05, 0) is 24.6 Å². The van der Waals surface area contributed by atoms with E-state index in [0.717, 1.165) is 36.8 Å². The van der Waals surface area contributed by atoms with Crippen LogP contribution in [0.2, 0.25) is 5.02 Å². The number of non-ortho nitro benzene ring substituents is 1. The molecule has 1 heterocycles. The van der Waals surface area contributed by atoms with Crippen LogP contribution in [-0.2, 0) is 6.42 Å². The Morgan fingerprint density at radius 2 is 1.81 bits per heavy atom. The van der Waals surface area contributed by atoms with E-state index in [1.165, 1.54) is 23.5 Å². The fraction of sp³-hybridized carbons (Fsp3) is 0.238. The number of halogens is 1. The maximum atomic E-state index is 12.8. The third-order valence-electron chi connectivity index (χ3n) is 4.51. The summed E-state index contributed by atoms with van der Waals surface area (Å²) >= 11 is 7.35. The minimum atomic E-state index is -0.601. The second-order valence-corrected chi connectivity index (χ2v) is 8.30. The highest BCUT2D eigenvalue weighted by Crippen LogP contribution is 2.25. The Labute approximate surface area is 193 Å². The lowest BCUT2D eigenvalue weighted by Crippen LogP contribution is -2.18. The number of para-hydroxylation sites is 1. The van der Waals surface area contributed by atoms with Crippen molar-refractivity contribution in [2.75, 3.05) is 10.6 Å². The van der Waals surface area contributed by atoms with Gasteiger partial charge in [-0.2, -0.15) is 0 Å². The van der Waals surface area contributed by atoms with Crippen LogP contribution >= 0.6 is 22.9 Å². The summed E-state index contributed by atoms with van der Waals surface area (Å²) in [7, 11) is 0. The molecular weight excluding hydrogens is 454 g/mol. The van der Waals surface area contributed by atoms with Crippen molar-refractivity contribution in [2.24, 2.45) is 0 Å². The molecule has 3 aromatic rings. The highest BCUT2D eigenvalue weighted by Gasteiger charge is 2.19. The van der Waals surface area contributed by atoms with Crippen molar-refractivity contribution in [3.05, 3.63) is 73.7 Å². The zero-order chi connectivity index (χ0) is 23.1.